The van der Waals surface area contributed by atoms with Crippen LogP contribution >= 0.6 is 12.2 Å². The summed E-state index contributed by atoms with van der Waals surface area (Å²) in [5.41, 5.74) is 3.17. The predicted octanol–water partition coefficient (Wildman–Crippen LogP) is 3.42. The molecule has 0 spiro atoms. The van der Waals surface area contributed by atoms with Crippen molar-refractivity contribution in [1.29, 1.82) is 0 Å². The molecule has 0 atom stereocenters. The number of benzene rings is 2. The van der Waals surface area contributed by atoms with E-state index < -0.39 is 11.6 Å². The van der Waals surface area contributed by atoms with Gasteiger partial charge in [0.1, 0.15) is 17.5 Å². The lowest BCUT2D eigenvalue weighted by Gasteiger charge is -2.06. The van der Waals surface area contributed by atoms with Crippen molar-refractivity contribution in [2.75, 3.05) is 5.32 Å². The lowest BCUT2D eigenvalue weighted by Crippen LogP contribution is -2.23. The Morgan fingerprint density at radius 1 is 1.00 bits per heavy atom. The Kier molecular flexibility index (Phi) is 4.89. The van der Waals surface area contributed by atoms with E-state index in [2.05, 4.69) is 15.8 Å². The van der Waals surface area contributed by atoms with E-state index in [4.69, 9.17) is 12.2 Å². The van der Waals surface area contributed by atoms with Crippen LogP contribution < -0.4 is 10.7 Å². The SMILES string of the molecule is Fc1ccc(NC(=S)N/N=C\c2ccc(F)cc2F)cc1. The number of hydrazone groups is 1. The fraction of sp³-hybridized carbons (Fsp3) is 0. The monoisotopic (exact) mass is 309 g/mol. The van der Waals surface area contributed by atoms with Crippen LogP contribution in [-0.4, -0.2) is 11.3 Å². The second-order valence-corrected chi connectivity index (χ2v) is 4.41. The second-order valence-electron chi connectivity index (χ2n) is 4.00. The fourth-order valence-electron chi connectivity index (χ4n) is 1.46. The van der Waals surface area contributed by atoms with E-state index in [1.807, 2.05) is 0 Å². The zero-order chi connectivity index (χ0) is 15.2. The molecule has 0 saturated heterocycles. The third-order valence-corrected chi connectivity index (χ3v) is 2.63. The standard InChI is InChI=1S/C14H10F3N3S/c15-10-3-5-12(6-4-10)19-14(21)20-18-8-9-1-2-11(16)7-13(9)17/h1-8H,(H2,19,20,21)/b18-8-. The van der Waals surface area contributed by atoms with Crippen LogP contribution in [0, 0.1) is 17.5 Å². The molecule has 0 unspecified atom stereocenters. The Morgan fingerprint density at radius 3 is 2.33 bits per heavy atom. The van der Waals surface area contributed by atoms with Crippen LogP contribution in [0.5, 0.6) is 0 Å². The molecule has 7 heteroatoms. The zero-order valence-corrected chi connectivity index (χ0v) is 11.4. The van der Waals surface area contributed by atoms with Gasteiger partial charge in [0, 0.05) is 17.3 Å². The molecule has 0 aliphatic carbocycles. The topological polar surface area (TPSA) is 36.4 Å². The minimum absolute atomic E-state index is 0.119. The molecule has 2 aromatic carbocycles. The first-order chi connectivity index (χ1) is 10.0. The quantitative estimate of drug-likeness (QED) is 0.518. The van der Waals surface area contributed by atoms with Crippen molar-refractivity contribution in [2.45, 2.75) is 0 Å². The van der Waals surface area contributed by atoms with Crippen molar-refractivity contribution >= 4 is 29.2 Å². The summed E-state index contributed by atoms with van der Waals surface area (Å²) >= 11 is 4.95. The van der Waals surface area contributed by atoms with Gasteiger partial charge in [-0.1, -0.05) is 0 Å². The van der Waals surface area contributed by atoms with Gasteiger partial charge in [-0.15, -0.1) is 0 Å². The average Bonchev–Trinajstić information content (AvgIpc) is 2.44. The Balaban J connectivity index is 1.91. The number of thiocarbonyl (C=S) groups is 1. The highest BCUT2D eigenvalue weighted by atomic mass is 32.1. The van der Waals surface area contributed by atoms with Gasteiger partial charge < -0.3 is 5.32 Å². The fourth-order valence-corrected chi connectivity index (χ4v) is 1.63. The van der Waals surface area contributed by atoms with Gasteiger partial charge in [0.15, 0.2) is 5.11 Å². The number of anilines is 1. The van der Waals surface area contributed by atoms with E-state index in [1.54, 1.807) is 0 Å². The highest BCUT2D eigenvalue weighted by molar-refractivity contribution is 7.80. The molecule has 0 radical (unpaired) electrons. The van der Waals surface area contributed by atoms with Crippen LogP contribution in [0.4, 0.5) is 18.9 Å². The van der Waals surface area contributed by atoms with Gasteiger partial charge >= 0.3 is 0 Å². The molecule has 0 aliphatic rings. The van der Waals surface area contributed by atoms with E-state index in [1.165, 1.54) is 36.5 Å². The molecule has 0 bridgehead atoms. The molecule has 0 aliphatic heterocycles. The van der Waals surface area contributed by atoms with Gasteiger partial charge in [0.25, 0.3) is 0 Å². The number of hydrogen-bond donors (Lipinski definition) is 2. The minimum atomic E-state index is -0.724. The molecule has 3 nitrogen and oxygen atoms in total. The molecule has 21 heavy (non-hydrogen) atoms. The first-order valence-corrected chi connectivity index (χ1v) is 6.26. The first kappa shape index (κ1) is 15.0. The maximum atomic E-state index is 13.3. The van der Waals surface area contributed by atoms with Crippen molar-refractivity contribution in [3.63, 3.8) is 0 Å². The predicted molar refractivity (Wildman–Crippen MR) is 79.7 cm³/mol. The summed E-state index contributed by atoms with van der Waals surface area (Å²) < 4.78 is 38.7. The molecule has 0 heterocycles. The van der Waals surface area contributed by atoms with Crippen molar-refractivity contribution in [2.24, 2.45) is 5.10 Å². The first-order valence-electron chi connectivity index (χ1n) is 5.85. The number of nitrogens with zero attached hydrogens (tertiary/aromatic N) is 1. The Morgan fingerprint density at radius 2 is 1.67 bits per heavy atom. The molecular formula is C14H10F3N3S. The maximum Gasteiger partial charge on any atom is 0.191 e. The Labute approximate surface area is 124 Å². The maximum absolute atomic E-state index is 13.3. The van der Waals surface area contributed by atoms with Crippen molar-refractivity contribution in [1.82, 2.24) is 5.43 Å². The average molecular weight is 309 g/mol. The number of hydrogen-bond acceptors (Lipinski definition) is 2. The van der Waals surface area contributed by atoms with Gasteiger partial charge in [-0.25, -0.2) is 13.2 Å². The Bertz CT molecular complexity index is 672. The summed E-state index contributed by atoms with van der Waals surface area (Å²) in [7, 11) is 0. The van der Waals surface area contributed by atoms with Crippen LogP contribution in [0.15, 0.2) is 47.6 Å². The lowest BCUT2D eigenvalue weighted by atomic mass is 10.2. The van der Waals surface area contributed by atoms with Gasteiger partial charge in [-0.3, -0.25) is 5.43 Å². The molecular weight excluding hydrogens is 299 g/mol. The molecule has 0 amide bonds. The number of nitrogens with one attached hydrogen (secondary N) is 2. The van der Waals surface area contributed by atoms with E-state index in [9.17, 15) is 13.2 Å². The van der Waals surface area contributed by atoms with Crippen LogP contribution in [0.3, 0.4) is 0 Å². The van der Waals surface area contributed by atoms with Gasteiger partial charge in [-0.05, 0) is 48.6 Å². The summed E-state index contributed by atoms with van der Waals surface area (Å²) in [4.78, 5) is 0. The third-order valence-electron chi connectivity index (χ3n) is 2.43. The van der Waals surface area contributed by atoms with Gasteiger partial charge in [0.2, 0.25) is 0 Å². The molecule has 0 fully saturated rings. The molecule has 0 saturated carbocycles. The van der Waals surface area contributed by atoms with Crippen LogP contribution in [0.25, 0.3) is 0 Å². The van der Waals surface area contributed by atoms with Crippen LogP contribution in [0.2, 0.25) is 0 Å². The van der Waals surface area contributed by atoms with Crippen LogP contribution in [-0.2, 0) is 0 Å². The van der Waals surface area contributed by atoms with E-state index >= 15 is 0 Å². The summed E-state index contributed by atoms with van der Waals surface area (Å²) in [5.74, 6) is -1.74. The normalized spacial score (nSPS) is 10.6. The Hall–Kier alpha value is -2.41. The summed E-state index contributed by atoms with van der Waals surface area (Å²) in [6.45, 7) is 0. The molecule has 2 N–H and O–H groups in total. The summed E-state index contributed by atoms with van der Waals surface area (Å²) in [6.07, 6.45) is 1.17. The number of halogens is 3. The van der Waals surface area contributed by atoms with E-state index in [0.717, 1.165) is 12.1 Å². The van der Waals surface area contributed by atoms with Gasteiger partial charge in [-0.2, -0.15) is 5.10 Å². The minimum Gasteiger partial charge on any atom is -0.331 e. The zero-order valence-electron chi connectivity index (χ0n) is 10.6. The smallest absolute Gasteiger partial charge is 0.191 e. The molecule has 0 aromatic heterocycles. The third kappa shape index (κ3) is 4.57. The number of rotatable bonds is 3. The lowest BCUT2D eigenvalue weighted by molar-refractivity contribution is 0.582. The van der Waals surface area contributed by atoms with E-state index in [-0.39, 0.29) is 16.5 Å². The largest absolute Gasteiger partial charge is 0.331 e. The van der Waals surface area contributed by atoms with Crippen molar-refractivity contribution in [3.8, 4) is 0 Å². The van der Waals surface area contributed by atoms with Crippen LogP contribution in [0.1, 0.15) is 5.56 Å². The van der Waals surface area contributed by atoms with E-state index in [0.29, 0.717) is 5.69 Å². The summed E-state index contributed by atoms with van der Waals surface area (Å²) in [6, 6.07) is 8.71. The summed E-state index contributed by atoms with van der Waals surface area (Å²) in [5, 5.41) is 6.65. The highest BCUT2D eigenvalue weighted by Crippen LogP contribution is 2.08. The van der Waals surface area contributed by atoms with Crippen molar-refractivity contribution < 1.29 is 13.2 Å². The highest BCUT2D eigenvalue weighted by Gasteiger charge is 2.01. The van der Waals surface area contributed by atoms with Crippen molar-refractivity contribution in [3.05, 3.63) is 65.5 Å². The molecule has 2 aromatic rings. The molecule has 2 rings (SSSR count). The molecule has 108 valence electrons. The second kappa shape index (κ2) is 6.85. The van der Waals surface area contributed by atoms with Gasteiger partial charge in [0.05, 0.1) is 6.21 Å².